The summed E-state index contributed by atoms with van der Waals surface area (Å²) in [4.78, 5) is 8.25. The van der Waals surface area contributed by atoms with E-state index < -0.39 is 0 Å². The van der Waals surface area contributed by atoms with Crippen molar-refractivity contribution < 1.29 is 0 Å². The first-order chi connectivity index (χ1) is 6.95. The zero-order valence-corrected chi connectivity index (χ0v) is 7.23. The summed E-state index contributed by atoms with van der Waals surface area (Å²) in [6.45, 7) is 0. The maximum atomic E-state index is 4.23. The molecular weight excluding hydrogens is 178 g/mol. The number of rotatable bonds is 0. The van der Waals surface area contributed by atoms with Gasteiger partial charge < -0.3 is 5.32 Å². The Labute approximate surface area is 79.9 Å². The largest absolute Gasteiger partial charge is 0.343 e. The SMILES string of the molecule is C1=Nc2cnccc2-c2[nH]ncc2N1. The lowest BCUT2D eigenvalue weighted by Crippen LogP contribution is -1.91. The van der Waals surface area contributed by atoms with Gasteiger partial charge in [0.1, 0.15) is 0 Å². The zero-order valence-electron chi connectivity index (χ0n) is 7.23. The zero-order chi connectivity index (χ0) is 9.38. The minimum Gasteiger partial charge on any atom is -0.343 e. The topological polar surface area (TPSA) is 66.0 Å². The van der Waals surface area contributed by atoms with E-state index in [1.54, 1.807) is 24.9 Å². The van der Waals surface area contributed by atoms with Crippen LogP contribution < -0.4 is 5.32 Å². The van der Waals surface area contributed by atoms with Gasteiger partial charge in [-0.1, -0.05) is 0 Å². The Bertz CT molecular complexity index is 499. The van der Waals surface area contributed by atoms with E-state index in [4.69, 9.17) is 0 Å². The summed E-state index contributed by atoms with van der Waals surface area (Å²) in [6.07, 6.45) is 6.84. The molecule has 5 heteroatoms. The Morgan fingerprint density at radius 2 is 2.21 bits per heavy atom. The number of H-pyrrole nitrogens is 1. The second kappa shape index (κ2) is 2.66. The van der Waals surface area contributed by atoms with Gasteiger partial charge in [0, 0.05) is 11.8 Å². The molecule has 0 bridgehead atoms. The number of nitrogens with zero attached hydrogens (tertiary/aromatic N) is 3. The molecule has 1 aliphatic rings. The van der Waals surface area contributed by atoms with Crippen molar-refractivity contribution in [3.63, 3.8) is 0 Å². The molecule has 0 radical (unpaired) electrons. The van der Waals surface area contributed by atoms with Crippen LogP contribution in [0.5, 0.6) is 0 Å². The minimum atomic E-state index is 0.836. The Balaban J connectivity index is 2.34. The lowest BCUT2D eigenvalue weighted by molar-refractivity contribution is 1.09. The predicted octanol–water partition coefficient (Wildman–Crippen LogP) is 1.56. The number of pyridine rings is 1. The number of hydrogen-bond donors (Lipinski definition) is 2. The minimum absolute atomic E-state index is 0.836. The molecule has 5 nitrogen and oxygen atoms in total. The van der Waals surface area contributed by atoms with E-state index in [0.29, 0.717) is 0 Å². The summed E-state index contributed by atoms with van der Waals surface area (Å²) >= 11 is 0. The number of aromatic amines is 1. The second-order valence-corrected chi connectivity index (χ2v) is 2.95. The second-order valence-electron chi connectivity index (χ2n) is 2.95. The van der Waals surface area contributed by atoms with Crippen molar-refractivity contribution in [3.05, 3.63) is 24.7 Å². The standard InChI is InChI=1S/C9H7N5/c1-2-10-3-7-6(1)9-8(4-13-14-9)12-5-11-7/h1-5H,(H,11,12)(H,13,14). The number of fused-ring (bicyclic) bond motifs is 3. The third-order valence-corrected chi connectivity index (χ3v) is 2.13. The first-order valence-corrected chi connectivity index (χ1v) is 4.22. The molecule has 0 spiro atoms. The number of aromatic nitrogens is 3. The molecule has 14 heavy (non-hydrogen) atoms. The Morgan fingerprint density at radius 1 is 1.21 bits per heavy atom. The van der Waals surface area contributed by atoms with Crippen LogP contribution in [0.15, 0.2) is 29.6 Å². The summed E-state index contributed by atoms with van der Waals surface area (Å²) in [5.41, 5.74) is 3.72. The van der Waals surface area contributed by atoms with Crippen molar-refractivity contribution in [3.8, 4) is 11.3 Å². The van der Waals surface area contributed by atoms with Gasteiger partial charge in [-0.25, -0.2) is 4.99 Å². The quantitative estimate of drug-likeness (QED) is 0.654. The van der Waals surface area contributed by atoms with Gasteiger partial charge in [-0.2, -0.15) is 5.10 Å². The lowest BCUT2D eigenvalue weighted by Gasteiger charge is -2.00. The number of nitrogens with one attached hydrogen (secondary N) is 2. The van der Waals surface area contributed by atoms with E-state index >= 15 is 0 Å². The molecule has 2 N–H and O–H groups in total. The molecule has 3 rings (SSSR count). The summed E-state index contributed by atoms with van der Waals surface area (Å²) in [6, 6.07) is 1.91. The highest BCUT2D eigenvalue weighted by Crippen LogP contribution is 2.33. The highest BCUT2D eigenvalue weighted by molar-refractivity contribution is 5.92. The van der Waals surface area contributed by atoms with E-state index in [2.05, 4.69) is 25.5 Å². The first-order valence-electron chi connectivity index (χ1n) is 4.22. The highest BCUT2D eigenvalue weighted by atomic mass is 15.1. The molecule has 0 saturated heterocycles. The smallest absolute Gasteiger partial charge is 0.0932 e. The van der Waals surface area contributed by atoms with Gasteiger partial charge in [0.25, 0.3) is 0 Å². The van der Waals surface area contributed by atoms with E-state index in [-0.39, 0.29) is 0 Å². The Morgan fingerprint density at radius 3 is 3.21 bits per heavy atom. The number of hydrogen-bond acceptors (Lipinski definition) is 4. The van der Waals surface area contributed by atoms with Crippen molar-refractivity contribution in [1.29, 1.82) is 0 Å². The number of aliphatic imine (C=N–C) groups is 1. The van der Waals surface area contributed by atoms with Crippen molar-refractivity contribution >= 4 is 17.7 Å². The molecule has 2 aromatic rings. The Hall–Kier alpha value is -2.17. The van der Waals surface area contributed by atoms with Crippen LogP contribution in [-0.4, -0.2) is 21.5 Å². The molecular formula is C9H7N5. The van der Waals surface area contributed by atoms with Crippen LogP contribution in [-0.2, 0) is 0 Å². The van der Waals surface area contributed by atoms with Crippen LogP contribution in [0.25, 0.3) is 11.3 Å². The fourth-order valence-electron chi connectivity index (χ4n) is 1.47. The average molecular weight is 185 g/mol. The molecule has 0 aliphatic carbocycles. The molecule has 0 atom stereocenters. The monoisotopic (exact) mass is 185 g/mol. The third-order valence-electron chi connectivity index (χ3n) is 2.13. The molecule has 0 fully saturated rings. The third kappa shape index (κ3) is 0.922. The maximum absolute atomic E-state index is 4.23. The van der Waals surface area contributed by atoms with Crippen LogP contribution in [0.4, 0.5) is 11.4 Å². The van der Waals surface area contributed by atoms with Gasteiger partial charge in [-0.15, -0.1) is 0 Å². The first kappa shape index (κ1) is 7.25. The van der Waals surface area contributed by atoms with Crippen molar-refractivity contribution in [1.82, 2.24) is 15.2 Å². The van der Waals surface area contributed by atoms with E-state index in [9.17, 15) is 0 Å². The molecule has 0 aromatic carbocycles. The van der Waals surface area contributed by atoms with Gasteiger partial charge in [-0.3, -0.25) is 10.1 Å². The van der Waals surface area contributed by atoms with Crippen LogP contribution >= 0.6 is 0 Å². The normalized spacial score (nSPS) is 12.6. The van der Waals surface area contributed by atoms with Crippen LogP contribution in [0, 0.1) is 0 Å². The van der Waals surface area contributed by atoms with Crippen LogP contribution in [0.1, 0.15) is 0 Å². The predicted molar refractivity (Wildman–Crippen MR) is 53.6 cm³/mol. The lowest BCUT2D eigenvalue weighted by atomic mass is 10.1. The van der Waals surface area contributed by atoms with E-state index in [1.807, 2.05) is 6.07 Å². The molecule has 0 amide bonds. The van der Waals surface area contributed by atoms with E-state index in [0.717, 1.165) is 22.6 Å². The van der Waals surface area contributed by atoms with Crippen LogP contribution in [0.2, 0.25) is 0 Å². The Kier molecular flexibility index (Phi) is 1.38. The highest BCUT2D eigenvalue weighted by Gasteiger charge is 2.12. The van der Waals surface area contributed by atoms with Gasteiger partial charge in [-0.05, 0) is 6.07 Å². The summed E-state index contributed by atoms with van der Waals surface area (Å²) in [5.74, 6) is 0. The fraction of sp³-hybridized carbons (Fsp3) is 0. The molecule has 3 heterocycles. The van der Waals surface area contributed by atoms with Gasteiger partial charge in [0.15, 0.2) is 0 Å². The summed E-state index contributed by atoms with van der Waals surface area (Å²) in [5, 5.41) is 9.95. The fourth-order valence-corrected chi connectivity index (χ4v) is 1.47. The van der Waals surface area contributed by atoms with Gasteiger partial charge in [0.05, 0.1) is 35.8 Å². The van der Waals surface area contributed by atoms with Crippen LogP contribution in [0.3, 0.4) is 0 Å². The summed E-state index contributed by atoms with van der Waals surface area (Å²) < 4.78 is 0. The molecule has 0 unspecified atom stereocenters. The van der Waals surface area contributed by atoms with E-state index in [1.165, 1.54) is 0 Å². The molecule has 68 valence electrons. The number of anilines is 1. The average Bonchev–Trinajstić information content (AvgIpc) is 2.61. The van der Waals surface area contributed by atoms with Gasteiger partial charge >= 0.3 is 0 Å². The van der Waals surface area contributed by atoms with Crippen molar-refractivity contribution in [2.24, 2.45) is 4.99 Å². The van der Waals surface area contributed by atoms with Crippen molar-refractivity contribution in [2.45, 2.75) is 0 Å². The maximum Gasteiger partial charge on any atom is 0.0932 e. The molecule has 1 aliphatic heterocycles. The molecule has 2 aromatic heterocycles. The molecule has 0 saturated carbocycles. The van der Waals surface area contributed by atoms with Gasteiger partial charge in [0.2, 0.25) is 0 Å². The summed E-state index contributed by atoms with van der Waals surface area (Å²) in [7, 11) is 0. The van der Waals surface area contributed by atoms with Crippen molar-refractivity contribution in [2.75, 3.05) is 5.32 Å².